The molecule has 0 saturated heterocycles. The fourth-order valence-corrected chi connectivity index (χ4v) is 4.18. The van der Waals surface area contributed by atoms with Crippen molar-refractivity contribution in [1.82, 2.24) is 9.88 Å². The van der Waals surface area contributed by atoms with Crippen molar-refractivity contribution >= 4 is 39.9 Å². The molecule has 0 aliphatic carbocycles. The lowest BCUT2D eigenvalue weighted by Crippen LogP contribution is -2.26. The fourth-order valence-electron chi connectivity index (χ4n) is 2.48. The molecule has 3 aromatic rings. The van der Waals surface area contributed by atoms with E-state index in [0.29, 0.717) is 6.42 Å². The number of aryl methyl sites for hydroxylation is 1. The van der Waals surface area contributed by atoms with Gasteiger partial charge >= 0.3 is 0 Å². The minimum Gasteiger partial charge on any atom is -0.355 e. The summed E-state index contributed by atoms with van der Waals surface area (Å²) >= 11 is 3.64. The summed E-state index contributed by atoms with van der Waals surface area (Å²) in [5.74, 6) is 2.11. The molecule has 1 N–H and O–H groups in total. The van der Waals surface area contributed by atoms with Crippen LogP contribution in [-0.4, -0.2) is 22.8 Å². The summed E-state index contributed by atoms with van der Waals surface area (Å²) in [4.78, 5) is 13.3. The molecule has 0 fully saturated rings. The number of nitrogens with one attached hydrogen (secondary N) is 1. The largest absolute Gasteiger partial charge is 0.355 e. The third-order valence-corrected chi connectivity index (χ3v) is 5.72. The number of thioether (sulfide) groups is 1. The SMILES string of the molecule is O=C(CCn1ccc2ccccc21)NCCSCc1cccs1. The molecule has 23 heavy (non-hydrogen) atoms. The Bertz CT molecular complexity index is 749. The second kappa shape index (κ2) is 8.22. The lowest BCUT2D eigenvalue weighted by molar-refractivity contribution is -0.121. The molecule has 0 aliphatic heterocycles. The molecule has 0 unspecified atom stereocenters. The van der Waals surface area contributed by atoms with E-state index in [1.807, 2.05) is 23.9 Å². The van der Waals surface area contributed by atoms with Crippen molar-refractivity contribution in [1.29, 1.82) is 0 Å². The molecule has 1 amide bonds. The standard InChI is InChI=1S/C18H20N2OS2/c21-18(19-9-13-22-14-16-5-3-12-23-16)8-11-20-10-7-15-4-1-2-6-17(15)20/h1-7,10,12H,8-9,11,13-14H2,(H,19,21). The summed E-state index contributed by atoms with van der Waals surface area (Å²) in [6, 6.07) is 14.6. The number of carbonyl (C=O) groups is 1. The average molecular weight is 345 g/mol. The Morgan fingerprint density at radius 3 is 2.96 bits per heavy atom. The smallest absolute Gasteiger partial charge is 0.221 e. The molecule has 1 aromatic carbocycles. The van der Waals surface area contributed by atoms with Crippen LogP contribution in [0.5, 0.6) is 0 Å². The zero-order chi connectivity index (χ0) is 15.9. The van der Waals surface area contributed by atoms with Gasteiger partial charge in [0.15, 0.2) is 0 Å². The summed E-state index contributed by atoms with van der Waals surface area (Å²) in [7, 11) is 0. The van der Waals surface area contributed by atoms with E-state index in [1.54, 1.807) is 11.3 Å². The van der Waals surface area contributed by atoms with Gasteiger partial charge in [-0.15, -0.1) is 11.3 Å². The quantitative estimate of drug-likeness (QED) is 0.623. The van der Waals surface area contributed by atoms with Crippen LogP contribution in [-0.2, 0) is 17.1 Å². The van der Waals surface area contributed by atoms with Crippen molar-refractivity contribution in [3.05, 3.63) is 58.9 Å². The average Bonchev–Trinajstić information content (AvgIpc) is 3.22. The van der Waals surface area contributed by atoms with Gasteiger partial charge in [-0.25, -0.2) is 0 Å². The van der Waals surface area contributed by atoms with Gasteiger partial charge in [0.05, 0.1) is 0 Å². The number of rotatable bonds is 8. The molecule has 0 saturated carbocycles. The second-order valence-electron chi connectivity index (χ2n) is 5.30. The molecule has 0 spiro atoms. The van der Waals surface area contributed by atoms with Gasteiger partial charge in [-0.05, 0) is 29.0 Å². The summed E-state index contributed by atoms with van der Waals surface area (Å²) in [6.07, 6.45) is 2.57. The zero-order valence-corrected chi connectivity index (χ0v) is 14.5. The highest BCUT2D eigenvalue weighted by atomic mass is 32.2. The molecule has 3 rings (SSSR count). The molecular formula is C18H20N2OS2. The molecule has 3 nitrogen and oxygen atoms in total. The minimum atomic E-state index is 0.125. The Morgan fingerprint density at radius 2 is 2.09 bits per heavy atom. The van der Waals surface area contributed by atoms with Crippen molar-refractivity contribution in [2.24, 2.45) is 0 Å². The maximum Gasteiger partial charge on any atom is 0.221 e. The van der Waals surface area contributed by atoms with E-state index in [9.17, 15) is 4.79 Å². The van der Waals surface area contributed by atoms with E-state index in [0.717, 1.165) is 24.6 Å². The molecule has 5 heteroatoms. The van der Waals surface area contributed by atoms with Gasteiger partial charge in [0.1, 0.15) is 0 Å². The van der Waals surface area contributed by atoms with Gasteiger partial charge < -0.3 is 9.88 Å². The van der Waals surface area contributed by atoms with E-state index < -0.39 is 0 Å². The van der Waals surface area contributed by atoms with E-state index in [2.05, 4.69) is 51.8 Å². The molecule has 0 radical (unpaired) electrons. The molecule has 2 aromatic heterocycles. The first kappa shape index (κ1) is 16.1. The number of nitrogens with zero attached hydrogens (tertiary/aromatic N) is 1. The Morgan fingerprint density at radius 1 is 1.17 bits per heavy atom. The van der Waals surface area contributed by atoms with Crippen LogP contribution in [0.4, 0.5) is 0 Å². The van der Waals surface area contributed by atoms with Crippen molar-refractivity contribution in [3.63, 3.8) is 0 Å². The summed E-state index contributed by atoms with van der Waals surface area (Å²) in [5.41, 5.74) is 1.19. The summed E-state index contributed by atoms with van der Waals surface area (Å²) < 4.78 is 2.14. The Kier molecular flexibility index (Phi) is 5.77. The molecule has 0 aliphatic rings. The highest BCUT2D eigenvalue weighted by molar-refractivity contribution is 7.98. The Labute approximate surface area is 144 Å². The number of fused-ring (bicyclic) bond motifs is 1. The Balaban J connectivity index is 1.35. The highest BCUT2D eigenvalue weighted by Gasteiger charge is 2.04. The van der Waals surface area contributed by atoms with Gasteiger partial charge in [-0.1, -0.05) is 24.3 Å². The normalized spacial score (nSPS) is 11.0. The van der Waals surface area contributed by atoms with E-state index in [-0.39, 0.29) is 5.91 Å². The molecule has 2 heterocycles. The van der Waals surface area contributed by atoms with E-state index in [4.69, 9.17) is 0 Å². The first-order chi connectivity index (χ1) is 11.3. The van der Waals surface area contributed by atoms with Gasteiger partial charge in [0.2, 0.25) is 5.91 Å². The second-order valence-corrected chi connectivity index (χ2v) is 7.44. The van der Waals surface area contributed by atoms with Crippen LogP contribution in [0, 0.1) is 0 Å². The number of hydrogen-bond donors (Lipinski definition) is 1. The van der Waals surface area contributed by atoms with Crippen molar-refractivity contribution in [2.45, 2.75) is 18.7 Å². The number of benzene rings is 1. The number of hydrogen-bond acceptors (Lipinski definition) is 3. The first-order valence-electron chi connectivity index (χ1n) is 7.73. The minimum absolute atomic E-state index is 0.125. The monoisotopic (exact) mass is 344 g/mol. The maximum atomic E-state index is 11.9. The lowest BCUT2D eigenvalue weighted by atomic mass is 10.2. The summed E-state index contributed by atoms with van der Waals surface area (Å²) in [6.45, 7) is 1.46. The van der Waals surface area contributed by atoms with Gasteiger partial charge in [-0.3, -0.25) is 4.79 Å². The van der Waals surface area contributed by atoms with Crippen LogP contribution in [0.1, 0.15) is 11.3 Å². The first-order valence-corrected chi connectivity index (χ1v) is 9.77. The van der Waals surface area contributed by atoms with Crippen molar-refractivity contribution in [3.8, 4) is 0 Å². The van der Waals surface area contributed by atoms with E-state index in [1.165, 1.54) is 15.8 Å². The topological polar surface area (TPSA) is 34.0 Å². The van der Waals surface area contributed by atoms with Crippen LogP contribution < -0.4 is 5.32 Å². The van der Waals surface area contributed by atoms with Gasteiger partial charge in [0.25, 0.3) is 0 Å². The van der Waals surface area contributed by atoms with Crippen LogP contribution in [0.25, 0.3) is 10.9 Å². The lowest BCUT2D eigenvalue weighted by Gasteiger charge is -2.07. The predicted molar refractivity (Wildman–Crippen MR) is 100 cm³/mol. The molecule has 120 valence electrons. The van der Waals surface area contributed by atoms with Crippen LogP contribution in [0.3, 0.4) is 0 Å². The van der Waals surface area contributed by atoms with Crippen LogP contribution in [0.15, 0.2) is 54.0 Å². The maximum absolute atomic E-state index is 11.9. The van der Waals surface area contributed by atoms with Crippen LogP contribution in [0.2, 0.25) is 0 Å². The third-order valence-electron chi connectivity index (χ3n) is 3.65. The number of carbonyl (C=O) groups excluding carboxylic acids is 1. The van der Waals surface area contributed by atoms with E-state index >= 15 is 0 Å². The number of amides is 1. The number of para-hydroxylation sites is 1. The van der Waals surface area contributed by atoms with Crippen molar-refractivity contribution in [2.75, 3.05) is 12.3 Å². The van der Waals surface area contributed by atoms with Gasteiger partial charge in [0, 0.05) is 47.6 Å². The number of thiophene rings is 1. The van der Waals surface area contributed by atoms with Crippen molar-refractivity contribution < 1.29 is 4.79 Å². The molecule has 0 bridgehead atoms. The fraction of sp³-hybridized carbons (Fsp3) is 0.278. The number of aromatic nitrogens is 1. The molecular weight excluding hydrogens is 324 g/mol. The zero-order valence-electron chi connectivity index (χ0n) is 12.9. The highest BCUT2D eigenvalue weighted by Crippen LogP contribution is 2.17. The molecule has 0 atom stereocenters. The summed E-state index contributed by atoms with van der Waals surface area (Å²) in [5, 5.41) is 6.32. The van der Waals surface area contributed by atoms with Gasteiger partial charge in [-0.2, -0.15) is 11.8 Å². The van der Waals surface area contributed by atoms with Crippen LogP contribution >= 0.6 is 23.1 Å². The predicted octanol–water partition coefficient (Wildman–Crippen LogP) is 4.14. The Hall–Kier alpha value is -1.72. The third kappa shape index (κ3) is 4.62.